The Morgan fingerprint density at radius 1 is 1.10 bits per heavy atom. The van der Waals surface area contributed by atoms with E-state index in [0.29, 0.717) is 24.4 Å². The molecule has 2 aliphatic rings. The summed E-state index contributed by atoms with van der Waals surface area (Å²) in [6, 6.07) is 0. The molecule has 0 saturated heterocycles. The third kappa shape index (κ3) is 3.96. The molecule has 2 aliphatic carbocycles. The number of aliphatic hydroxyl groups is 1. The molecule has 2 rings (SSSR count). The van der Waals surface area contributed by atoms with Crippen LogP contribution in [-0.4, -0.2) is 50.0 Å². The first-order chi connectivity index (χ1) is 9.86. The van der Waals surface area contributed by atoms with Crippen LogP contribution in [0.2, 0.25) is 0 Å². The van der Waals surface area contributed by atoms with Gasteiger partial charge in [0.2, 0.25) is 5.60 Å². The van der Waals surface area contributed by atoms with Crippen molar-refractivity contribution in [3.63, 3.8) is 0 Å². The Labute approximate surface area is 120 Å². The van der Waals surface area contributed by atoms with Crippen LogP contribution in [0.25, 0.3) is 0 Å². The van der Waals surface area contributed by atoms with E-state index in [4.69, 9.17) is 14.6 Å². The molecule has 0 aromatic heterocycles. The van der Waals surface area contributed by atoms with Gasteiger partial charge in [-0.3, -0.25) is 0 Å². The molecule has 0 aliphatic heterocycles. The van der Waals surface area contributed by atoms with E-state index in [9.17, 15) is 17.6 Å². The van der Waals surface area contributed by atoms with Crippen LogP contribution in [0, 0.1) is 17.8 Å². The van der Waals surface area contributed by atoms with Crippen LogP contribution < -0.4 is 0 Å². The molecule has 3 nitrogen and oxygen atoms in total. The molecule has 1 N–H and O–H groups in total. The summed E-state index contributed by atoms with van der Waals surface area (Å²) in [5, 5.41) is 9.08. The van der Waals surface area contributed by atoms with Gasteiger partial charge >= 0.3 is 6.18 Å². The van der Waals surface area contributed by atoms with Crippen LogP contribution >= 0.6 is 0 Å². The standard InChI is InChI=1S/C14H20F4O3/c15-8-13(19,14(16,17)18)9-21-4-3-20-7-12-6-10-1-2-11(12)5-10/h1-2,10-12,19H,3-9H2. The van der Waals surface area contributed by atoms with Gasteiger partial charge in [0.15, 0.2) is 0 Å². The van der Waals surface area contributed by atoms with Crippen LogP contribution in [0.15, 0.2) is 12.2 Å². The minimum atomic E-state index is -5.04. The van der Waals surface area contributed by atoms with Crippen molar-refractivity contribution in [3.8, 4) is 0 Å². The molecule has 2 bridgehead atoms. The summed E-state index contributed by atoms with van der Waals surface area (Å²) in [6.45, 7) is -2.45. The highest BCUT2D eigenvalue weighted by molar-refractivity contribution is 5.09. The lowest BCUT2D eigenvalue weighted by Crippen LogP contribution is -2.51. The normalized spacial score (nSPS) is 30.8. The first kappa shape index (κ1) is 16.7. The Morgan fingerprint density at radius 3 is 2.33 bits per heavy atom. The molecular formula is C14H20F4O3. The molecule has 1 saturated carbocycles. The summed E-state index contributed by atoms with van der Waals surface area (Å²) in [7, 11) is 0. The average Bonchev–Trinajstić information content (AvgIpc) is 3.03. The number of rotatable bonds is 8. The van der Waals surface area contributed by atoms with Gasteiger partial charge in [0, 0.05) is 0 Å². The van der Waals surface area contributed by atoms with Crippen molar-refractivity contribution in [2.75, 3.05) is 33.1 Å². The van der Waals surface area contributed by atoms with E-state index >= 15 is 0 Å². The van der Waals surface area contributed by atoms with E-state index in [1.165, 1.54) is 6.42 Å². The maximum absolute atomic E-state index is 12.4. The summed E-state index contributed by atoms with van der Waals surface area (Å²) >= 11 is 0. The molecule has 0 spiro atoms. The van der Waals surface area contributed by atoms with Crippen molar-refractivity contribution in [3.05, 3.63) is 12.2 Å². The lowest BCUT2D eigenvalue weighted by Gasteiger charge is -2.27. The molecular weight excluding hydrogens is 292 g/mol. The van der Waals surface area contributed by atoms with E-state index in [2.05, 4.69) is 12.2 Å². The summed E-state index contributed by atoms with van der Waals surface area (Å²) in [4.78, 5) is 0. The van der Waals surface area contributed by atoms with Crippen LogP contribution in [-0.2, 0) is 9.47 Å². The monoisotopic (exact) mass is 312 g/mol. The maximum atomic E-state index is 12.4. The number of hydrogen-bond donors (Lipinski definition) is 1. The van der Waals surface area contributed by atoms with Crippen molar-refractivity contribution in [2.45, 2.75) is 24.6 Å². The molecule has 21 heavy (non-hydrogen) atoms. The number of hydrogen-bond acceptors (Lipinski definition) is 3. The summed E-state index contributed by atoms with van der Waals surface area (Å²) in [5.41, 5.74) is -3.43. The number of fused-ring (bicyclic) bond motifs is 2. The zero-order chi connectivity index (χ0) is 15.5. The van der Waals surface area contributed by atoms with Crippen LogP contribution in [0.1, 0.15) is 12.8 Å². The van der Waals surface area contributed by atoms with E-state index in [1.54, 1.807) is 0 Å². The van der Waals surface area contributed by atoms with Crippen molar-refractivity contribution >= 4 is 0 Å². The van der Waals surface area contributed by atoms with Crippen molar-refractivity contribution in [1.82, 2.24) is 0 Å². The predicted molar refractivity (Wildman–Crippen MR) is 67.5 cm³/mol. The van der Waals surface area contributed by atoms with Crippen LogP contribution in [0.3, 0.4) is 0 Å². The van der Waals surface area contributed by atoms with Gasteiger partial charge in [-0.1, -0.05) is 12.2 Å². The molecule has 0 amide bonds. The third-order valence-electron chi connectivity index (χ3n) is 4.21. The zero-order valence-corrected chi connectivity index (χ0v) is 11.6. The Kier molecular flexibility index (Phi) is 5.27. The van der Waals surface area contributed by atoms with Crippen LogP contribution in [0.4, 0.5) is 17.6 Å². The van der Waals surface area contributed by atoms with Crippen molar-refractivity contribution < 1.29 is 32.1 Å². The molecule has 1 fully saturated rings. The van der Waals surface area contributed by atoms with Gasteiger partial charge in [0.1, 0.15) is 6.67 Å². The second-order valence-electron chi connectivity index (χ2n) is 5.83. The zero-order valence-electron chi connectivity index (χ0n) is 11.6. The Hall–Kier alpha value is -0.660. The predicted octanol–water partition coefficient (Wildman–Crippen LogP) is 2.49. The number of alkyl halides is 4. The molecule has 4 unspecified atom stereocenters. The molecule has 4 atom stereocenters. The fourth-order valence-corrected chi connectivity index (χ4v) is 2.88. The van der Waals surface area contributed by atoms with E-state index in [0.717, 1.165) is 6.42 Å². The first-order valence-electron chi connectivity index (χ1n) is 7.04. The Morgan fingerprint density at radius 2 is 1.81 bits per heavy atom. The molecule has 0 aromatic carbocycles. The number of allylic oxidation sites excluding steroid dienone is 2. The summed E-state index contributed by atoms with van der Waals surface area (Å²) in [6.07, 6.45) is 1.64. The molecule has 0 radical (unpaired) electrons. The van der Waals surface area contributed by atoms with Crippen molar-refractivity contribution in [2.24, 2.45) is 17.8 Å². The smallest absolute Gasteiger partial charge is 0.379 e. The molecule has 122 valence electrons. The van der Waals surface area contributed by atoms with Crippen molar-refractivity contribution in [1.29, 1.82) is 0 Å². The topological polar surface area (TPSA) is 38.7 Å². The van der Waals surface area contributed by atoms with Gasteiger partial charge in [-0.2, -0.15) is 13.2 Å². The Balaban J connectivity index is 1.57. The minimum absolute atomic E-state index is 0.102. The molecule has 7 heteroatoms. The minimum Gasteiger partial charge on any atom is -0.379 e. The highest BCUT2D eigenvalue weighted by Crippen LogP contribution is 2.43. The quantitative estimate of drug-likeness (QED) is 0.425. The first-order valence-corrected chi connectivity index (χ1v) is 7.04. The van der Waals surface area contributed by atoms with Crippen LogP contribution in [0.5, 0.6) is 0 Å². The van der Waals surface area contributed by atoms with Gasteiger partial charge in [0.05, 0.1) is 26.4 Å². The second kappa shape index (κ2) is 6.62. The van der Waals surface area contributed by atoms with E-state index in [-0.39, 0.29) is 13.2 Å². The molecule has 0 aromatic rings. The van der Waals surface area contributed by atoms with Gasteiger partial charge in [-0.25, -0.2) is 4.39 Å². The van der Waals surface area contributed by atoms with E-state index in [1.807, 2.05) is 0 Å². The second-order valence-corrected chi connectivity index (χ2v) is 5.83. The SMILES string of the molecule is OC(CF)(COCCOCC1CC2C=CC1C2)C(F)(F)F. The Bertz CT molecular complexity index is 372. The maximum Gasteiger partial charge on any atom is 0.422 e. The number of halogens is 4. The highest BCUT2D eigenvalue weighted by Gasteiger charge is 2.54. The summed E-state index contributed by atoms with van der Waals surface area (Å²) in [5.74, 6) is 1.67. The van der Waals surface area contributed by atoms with Gasteiger partial charge in [-0.15, -0.1) is 0 Å². The average molecular weight is 312 g/mol. The fraction of sp³-hybridized carbons (Fsp3) is 0.857. The van der Waals surface area contributed by atoms with Gasteiger partial charge in [-0.05, 0) is 30.6 Å². The summed E-state index contributed by atoms with van der Waals surface area (Å²) < 4.78 is 59.5. The third-order valence-corrected chi connectivity index (χ3v) is 4.21. The number of ether oxygens (including phenoxy) is 2. The fourth-order valence-electron chi connectivity index (χ4n) is 2.88. The lowest BCUT2D eigenvalue weighted by molar-refractivity contribution is -0.279. The highest BCUT2D eigenvalue weighted by atomic mass is 19.4. The largest absolute Gasteiger partial charge is 0.422 e. The van der Waals surface area contributed by atoms with Gasteiger partial charge in [0.25, 0.3) is 0 Å². The van der Waals surface area contributed by atoms with Gasteiger partial charge < -0.3 is 14.6 Å². The lowest BCUT2D eigenvalue weighted by atomic mass is 9.95. The molecule has 0 heterocycles. The van der Waals surface area contributed by atoms with E-state index < -0.39 is 25.1 Å².